The Bertz CT molecular complexity index is 1270. The zero-order valence-corrected chi connectivity index (χ0v) is 26.9. The lowest BCUT2D eigenvalue weighted by atomic mass is 9.91. The van der Waals surface area contributed by atoms with E-state index in [0.717, 1.165) is 31.4 Å². The fourth-order valence-electron chi connectivity index (χ4n) is 5.81. The van der Waals surface area contributed by atoms with Gasteiger partial charge in [0.2, 0.25) is 5.70 Å². The highest BCUT2D eigenvalue weighted by Gasteiger charge is 2.15. The van der Waals surface area contributed by atoms with Gasteiger partial charge in [0.15, 0.2) is 7.05 Å². The molecule has 0 heterocycles. The third-order valence-corrected chi connectivity index (χ3v) is 8.15. The minimum atomic E-state index is 0.937. The topological polar surface area (TPSA) is 15.4 Å². The molecule has 0 aromatic heterocycles. The molecule has 0 unspecified atom stereocenters. The number of nitrogens with zero attached hydrogens (tertiary/aromatic N) is 2. The first-order chi connectivity index (χ1) is 20.0. The lowest BCUT2D eigenvalue weighted by molar-refractivity contribution is -0.512. The van der Waals surface area contributed by atoms with Crippen LogP contribution in [0.5, 0.6) is 0 Å². The molecule has 0 fully saturated rings. The Balaban J connectivity index is 2.00. The highest BCUT2D eigenvalue weighted by molar-refractivity contribution is 5.72. The van der Waals surface area contributed by atoms with Gasteiger partial charge in [-0.05, 0) is 101 Å². The van der Waals surface area contributed by atoms with Gasteiger partial charge in [-0.15, -0.1) is 0 Å². The molecule has 2 heteroatoms. The van der Waals surface area contributed by atoms with Gasteiger partial charge in [-0.25, -0.2) is 0 Å². The first-order valence-corrected chi connectivity index (χ1v) is 16.5. The summed E-state index contributed by atoms with van der Waals surface area (Å²) in [5.74, 6) is 0. The maximum absolute atomic E-state index is 5.19. The summed E-state index contributed by atoms with van der Waals surface area (Å²) in [6.45, 7) is 11.4. The van der Waals surface area contributed by atoms with E-state index in [1.807, 2.05) is 0 Å². The summed E-state index contributed by atoms with van der Waals surface area (Å²) in [5, 5.41) is 5.19. The van der Waals surface area contributed by atoms with Crippen molar-refractivity contribution in [1.29, 1.82) is 0 Å². The van der Waals surface area contributed by atoms with Crippen molar-refractivity contribution < 1.29 is 4.70 Å². The van der Waals surface area contributed by atoms with Crippen LogP contribution in [0.25, 0.3) is 17.2 Å². The summed E-state index contributed by atoms with van der Waals surface area (Å²) >= 11 is 0. The standard InChI is InChI=1S/C39H55N2/c1-7-12-15-17-21-32-25-31(20-13-8-2)26-33(27-32)28-37(10-4)41(6)40-36-29-35(22-14-9-3)38(11-5)39(30-36)34-23-18-16-19-24-34/h16,18-19,23-30H,7-15,17,20-22H2,1-6H3/q+1. The first kappa shape index (κ1) is 32.5. The van der Waals surface area contributed by atoms with Gasteiger partial charge in [0.05, 0.1) is 0 Å². The molecule has 0 saturated heterocycles. The van der Waals surface area contributed by atoms with E-state index in [1.165, 1.54) is 102 Å². The van der Waals surface area contributed by atoms with Crippen molar-refractivity contribution >= 4 is 11.8 Å². The summed E-state index contributed by atoms with van der Waals surface area (Å²) in [4.78, 5) is 0. The second-order valence-electron chi connectivity index (χ2n) is 11.6. The van der Waals surface area contributed by atoms with Crippen LogP contribution in [0.2, 0.25) is 0 Å². The number of azo groups is 2. The van der Waals surface area contributed by atoms with E-state index in [9.17, 15) is 0 Å². The molecule has 0 aliphatic rings. The monoisotopic (exact) mass is 551 g/mol. The molecule has 0 aliphatic carbocycles. The van der Waals surface area contributed by atoms with Gasteiger partial charge in [0.25, 0.3) is 0 Å². The molecular weight excluding hydrogens is 496 g/mol. The Morgan fingerprint density at radius 3 is 2.00 bits per heavy atom. The van der Waals surface area contributed by atoms with Crippen LogP contribution in [0.1, 0.15) is 120 Å². The minimum absolute atomic E-state index is 0.937. The van der Waals surface area contributed by atoms with Crippen molar-refractivity contribution in [3.63, 3.8) is 0 Å². The molecule has 0 atom stereocenters. The Hall–Kier alpha value is -3.00. The number of rotatable bonds is 17. The van der Waals surface area contributed by atoms with Crippen molar-refractivity contribution in [3.8, 4) is 11.1 Å². The fraction of sp³-hybridized carbons (Fsp3) is 0.487. The van der Waals surface area contributed by atoms with Crippen molar-refractivity contribution in [2.24, 2.45) is 5.11 Å². The van der Waals surface area contributed by atoms with Gasteiger partial charge in [-0.2, -0.15) is 0 Å². The minimum Gasteiger partial charge on any atom is -0.0906 e. The van der Waals surface area contributed by atoms with Crippen molar-refractivity contribution in [1.82, 2.24) is 0 Å². The van der Waals surface area contributed by atoms with Crippen LogP contribution in [0.15, 0.2) is 71.5 Å². The number of aryl methyl sites for hydroxylation is 3. The molecule has 0 saturated carbocycles. The Morgan fingerprint density at radius 1 is 0.707 bits per heavy atom. The number of unbranched alkanes of at least 4 members (excludes halogenated alkanes) is 5. The zero-order valence-electron chi connectivity index (χ0n) is 26.9. The van der Waals surface area contributed by atoms with Crippen LogP contribution in [-0.4, -0.2) is 11.7 Å². The number of benzene rings is 3. The summed E-state index contributed by atoms with van der Waals surface area (Å²) in [7, 11) is 2.11. The lowest BCUT2D eigenvalue weighted by Crippen LogP contribution is -2.03. The van der Waals surface area contributed by atoms with Crippen LogP contribution < -0.4 is 0 Å². The van der Waals surface area contributed by atoms with Crippen molar-refractivity contribution in [2.75, 3.05) is 7.05 Å². The Kier molecular flexibility index (Phi) is 14.1. The lowest BCUT2D eigenvalue weighted by Gasteiger charge is -2.15. The molecule has 0 radical (unpaired) electrons. The SMILES string of the molecule is CCCCCCc1cc(C=C(CC)[N+](C)=Nc2cc(CCCC)c(CC)c(-c3ccccc3)c2)cc(CCCC)c1. The largest absolute Gasteiger partial charge is 0.208 e. The summed E-state index contributed by atoms with van der Waals surface area (Å²) in [6, 6.07) is 22.7. The summed E-state index contributed by atoms with van der Waals surface area (Å²) < 4.78 is 2.11. The second kappa shape index (κ2) is 17.7. The molecule has 0 bridgehead atoms. The van der Waals surface area contributed by atoms with Gasteiger partial charge in [0.1, 0.15) is 5.69 Å². The fourth-order valence-corrected chi connectivity index (χ4v) is 5.81. The first-order valence-electron chi connectivity index (χ1n) is 16.5. The molecule has 3 rings (SSSR count). The van der Waals surface area contributed by atoms with Gasteiger partial charge in [-0.3, -0.25) is 0 Å². The van der Waals surface area contributed by atoms with Crippen molar-refractivity contribution in [2.45, 2.75) is 118 Å². The van der Waals surface area contributed by atoms with E-state index in [1.54, 1.807) is 0 Å². The molecule has 0 spiro atoms. The Labute approximate surface area is 251 Å². The van der Waals surface area contributed by atoms with Crippen LogP contribution in [0.3, 0.4) is 0 Å². The average Bonchev–Trinajstić information content (AvgIpc) is 3.00. The third-order valence-electron chi connectivity index (χ3n) is 8.15. The van der Waals surface area contributed by atoms with E-state index in [0.29, 0.717) is 0 Å². The van der Waals surface area contributed by atoms with Crippen LogP contribution in [0.4, 0.5) is 5.69 Å². The predicted octanol–water partition coefficient (Wildman–Crippen LogP) is 11.9. The number of hydrogen-bond acceptors (Lipinski definition) is 1. The normalized spacial score (nSPS) is 12.2. The maximum atomic E-state index is 5.19. The quantitative estimate of drug-likeness (QED) is 0.0900. The van der Waals surface area contributed by atoms with Crippen LogP contribution in [-0.2, 0) is 25.7 Å². The smallest absolute Gasteiger partial charge is 0.0906 e. The average molecular weight is 552 g/mol. The summed E-state index contributed by atoms with van der Waals surface area (Å²) in [5.41, 5.74) is 12.1. The highest BCUT2D eigenvalue weighted by atomic mass is 15.3. The van der Waals surface area contributed by atoms with E-state index < -0.39 is 0 Å². The maximum Gasteiger partial charge on any atom is 0.208 e. The van der Waals surface area contributed by atoms with Crippen LogP contribution >= 0.6 is 0 Å². The van der Waals surface area contributed by atoms with E-state index in [2.05, 4.69) is 113 Å². The molecule has 0 N–H and O–H groups in total. The van der Waals surface area contributed by atoms with Gasteiger partial charge in [-0.1, -0.05) is 120 Å². The van der Waals surface area contributed by atoms with E-state index in [4.69, 9.17) is 5.11 Å². The molecule has 220 valence electrons. The Morgan fingerprint density at radius 2 is 1.37 bits per heavy atom. The van der Waals surface area contributed by atoms with Gasteiger partial charge < -0.3 is 0 Å². The van der Waals surface area contributed by atoms with Gasteiger partial charge >= 0.3 is 0 Å². The van der Waals surface area contributed by atoms with E-state index in [-0.39, 0.29) is 0 Å². The number of hydrogen-bond donors (Lipinski definition) is 0. The van der Waals surface area contributed by atoms with Crippen LogP contribution in [0, 0.1) is 0 Å². The predicted molar refractivity (Wildman–Crippen MR) is 179 cm³/mol. The molecule has 41 heavy (non-hydrogen) atoms. The molecule has 3 aromatic rings. The third kappa shape index (κ3) is 10.1. The second-order valence-corrected chi connectivity index (χ2v) is 11.6. The molecule has 3 aromatic carbocycles. The molecule has 0 amide bonds. The molecular formula is C39H55N2+. The molecule has 2 nitrogen and oxygen atoms in total. The highest BCUT2D eigenvalue weighted by Crippen LogP contribution is 2.33. The number of allylic oxidation sites excluding steroid dienone is 1. The van der Waals surface area contributed by atoms with E-state index >= 15 is 0 Å². The summed E-state index contributed by atoms with van der Waals surface area (Å²) in [6.07, 6.45) is 17.9. The van der Waals surface area contributed by atoms with Crippen molar-refractivity contribution in [3.05, 3.63) is 94.2 Å². The molecule has 0 aliphatic heterocycles. The van der Waals surface area contributed by atoms with Gasteiger partial charge in [0, 0.05) is 12.5 Å². The zero-order chi connectivity index (χ0) is 29.5.